The Bertz CT molecular complexity index is 470. The molecule has 1 aromatic carbocycles. The van der Waals surface area contributed by atoms with Crippen molar-refractivity contribution in [3.8, 4) is 6.19 Å². The van der Waals surface area contributed by atoms with Gasteiger partial charge in [0.2, 0.25) is 0 Å². The Morgan fingerprint density at radius 1 is 1.47 bits per heavy atom. The standard InChI is InChI=1S/C13H14ClN3/c1-10(2)17-13(16-9-15)8-7-11-5-3-4-6-12(11)14/h3-8,10H,1-2H3,(H,16,17). The molecular weight excluding hydrogens is 234 g/mol. The maximum Gasteiger partial charge on any atom is 0.182 e. The number of benzene rings is 1. The zero-order chi connectivity index (χ0) is 12.7. The monoisotopic (exact) mass is 247 g/mol. The number of hydrogen-bond acceptors (Lipinski definition) is 2. The van der Waals surface area contributed by atoms with Crippen LogP contribution in [0.5, 0.6) is 0 Å². The largest absolute Gasteiger partial charge is 0.277 e. The molecule has 0 bridgehead atoms. The first-order valence-corrected chi connectivity index (χ1v) is 5.67. The summed E-state index contributed by atoms with van der Waals surface area (Å²) in [6, 6.07) is 7.62. The number of nitriles is 1. The Morgan fingerprint density at radius 2 is 2.18 bits per heavy atom. The van der Waals surface area contributed by atoms with Gasteiger partial charge in [0, 0.05) is 11.1 Å². The van der Waals surface area contributed by atoms with Crippen LogP contribution in [0.15, 0.2) is 35.3 Å². The molecule has 88 valence electrons. The molecule has 3 nitrogen and oxygen atoms in total. The number of aliphatic imine (C=N–C) groups is 1. The summed E-state index contributed by atoms with van der Waals surface area (Å²) in [5, 5.41) is 11.8. The summed E-state index contributed by atoms with van der Waals surface area (Å²) in [6.07, 6.45) is 5.43. The zero-order valence-electron chi connectivity index (χ0n) is 9.81. The van der Waals surface area contributed by atoms with E-state index < -0.39 is 0 Å². The van der Waals surface area contributed by atoms with Crippen LogP contribution in [0.3, 0.4) is 0 Å². The Balaban J connectivity index is 2.88. The fourth-order valence-corrected chi connectivity index (χ4v) is 1.43. The highest BCUT2D eigenvalue weighted by Gasteiger charge is 1.97. The van der Waals surface area contributed by atoms with Gasteiger partial charge in [-0.2, -0.15) is 5.26 Å². The number of hydrogen-bond donors (Lipinski definition) is 1. The fourth-order valence-electron chi connectivity index (χ4n) is 1.23. The SMILES string of the molecule is CC(C)N=C(C=Cc1ccccc1Cl)NC#N. The second-order valence-electron chi connectivity index (χ2n) is 3.70. The molecule has 0 fully saturated rings. The van der Waals surface area contributed by atoms with Crippen molar-refractivity contribution in [1.29, 1.82) is 5.26 Å². The molecule has 1 N–H and O–H groups in total. The van der Waals surface area contributed by atoms with E-state index in [4.69, 9.17) is 16.9 Å². The van der Waals surface area contributed by atoms with Crippen molar-refractivity contribution >= 4 is 23.5 Å². The first-order chi connectivity index (χ1) is 8.13. The topological polar surface area (TPSA) is 48.2 Å². The van der Waals surface area contributed by atoms with Gasteiger partial charge in [-0.1, -0.05) is 29.8 Å². The van der Waals surface area contributed by atoms with Gasteiger partial charge in [0.15, 0.2) is 6.19 Å². The second kappa shape index (κ2) is 6.72. The quantitative estimate of drug-likeness (QED) is 0.386. The van der Waals surface area contributed by atoms with Crippen LogP contribution in [-0.4, -0.2) is 11.9 Å². The van der Waals surface area contributed by atoms with Crippen molar-refractivity contribution in [1.82, 2.24) is 5.32 Å². The van der Waals surface area contributed by atoms with Crippen LogP contribution < -0.4 is 5.32 Å². The van der Waals surface area contributed by atoms with E-state index in [0.29, 0.717) is 10.9 Å². The van der Waals surface area contributed by atoms with Gasteiger partial charge in [-0.05, 0) is 37.6 Å². The second-order valence-corrected chi connectivity index (χ2v) is 4.11. The van der Waals surface area contributed by atoms with Crippen molar-refractivity contribution in [2.24, 2.45) is 4.99 Å². The Hall–Kier alpha value is -1.79. The molecule has 1 aromatic rings. The summed E-state index contributed by atoms with van der Waals surface area (Å²) in [5.74, 6) is 0.530. The van der Waals surface area contributed by atoms with Crippen LogP contribution in [0, 0.1) is 11.5 Å². The van der Waals surface area contributed by atoms with E-state index in [-0.39, 0.29) is 6.04 Å². The van der Waals surface area contributed by atoms with Crippen molar-refractivity contribution < 1.29 is 0 Å². The molecule has 0 aliphatic carbocycles. The first-order valence-electron chi connectivity index (χ1n) is 5.29. The average Bonchev–Trinajstić information content (AvgIpc) is 2.27. The van der Waals surface area contributed by atoms with Gasteiger partial charge >= 0.3 is 0 Å². The van der Waals surface area contributed by atoms with Gasteiger partial charge in [0.05, 0.1) is 0 Å². The molecule has 0 radical (unpaired) electrons. The van der Waals surface area contributed by atoms with Gasteiger partial charge in [-0.15, -0.1) is 0 Å². The predicted octanol–water partition coefficient (Wildman–Crippen LogP) is 3.23. The first kappa shape index (κ1) is 13.3. The number of nitrogens with one attached hydrogen (secondary N) is 1. The third-order valence-electron chi connectivity index (χ3n) is 1.91. The van der Waals surface area contributed by atoms with E-state index in [2.05, 4.69) is 10.3 Å². The lowest BCUT2D eigenvalue weighted by Crippen LogP contribution is -2.16. The van der Waals surface area contributed by atoms with Gasteiger partial charge in [-0.3, -0.25) is 10.3 Å². The minimum Gasteiger partial charge on any atom is -0.277 e. The van der Waals surface area contributed by atoms with E-state index in [1.165, 1.54) is 0 Å². The van der Waals surface area contributed by atoms with E-state index in [0.717, 1.165) is 5.56 Å². The molecular formula is C13H14ClN3. The lowest BCUT2D eigenvalue weighted by molar-refractivity contribution is 0.831. The summed E-state index contributed by atoms with van der Waals surface area (Å²) < 4.78 is 0. The molecule has 0 aromatic heterocycles. The maximum absolute atomic E-state index is 8.60. The minimum absolute atomic E-state index is 0.127. The van der Waals surface area contributed by atoms with E-state index in [1.54, 1.807) is 6.08 Å². The normalized spacial score (nSPS) is 11.8. The summed E-state index contributed by atoms with van der Waals surface area (Å²) >= 11 is 6.01. The van der Waals surface area contributed by atoms with Gasteiger partial charge in [-0.25, -0.2) is 0 Å². The number of amidine groups is 1. The van der Waals surface area contributed by atoms with Crippen molar-refractivity contribution in [2.75, 3.05) is 0 Å². The number of nitrogens with zero attached hydrogens (tertiary/aromatic N) is 2. The third kappa shape index (κ3) is 4.71. The molecule has 0 amide bonds. The molecule has 0 heterocycles. The fraction of sp³-hybridized carbons (Fsp3) is 0.231. The van der Waals surface area contributed by atoms with Crippen LogP contribution in [0.2, 0.25) is 5.02 Å². The van der Waals surface area contributed by atoms with Crippen molar-refractivity contribution in [3.05, 3.63) is 40.9 Å². The number of halogens is 1. The molecule has 0 aliphatic rings. The molecule has 0 atom stereocenters. The van der Waals surface area contributed by atoms with Gasteiger partial charge in [0.25, 0.3) is 0 Å². The van der Waals surface area contributed by atoms with Crippen LogP contribution >= 0.6 is 11.6 Å². The molecule has 0 unspecified atom stereocenters. The number of rotatable bonds is 3. The van der Waals surface area contributed by atoms with E-state index >= 15 is 0 Å². The van der Waals surface area contributed by atoms with Crippen LogP contribution in [0.4, 0.5) is 0 Å². The van der Waals surface area contributed by atoms with Crippen molar-refractivity contribution in [3.63, 3.8) is 0 Å². The minimum atomic E-state index is 0.127. The Kier molecular flexibility index (Phi) is 5.25. The highest BCUT2D eigenvalue weighted by atomic mass is 35.5. The third-order valence-corrected chi connectivity index (χ3v) is 2.25. The summed E-state index contributed by atoms with van der Waals surface area (Å²) in [6.45, 7) is 3.89. The lowest BCUT2D eigenvalue weighted by Gasteiger charge is -2.01. The van der Waals surface area contributed by atoms with E-state index in [1.807, 2.05) is 50.4 Å². The van der Waals surface area contributed by atoms with Gasteiger partial charge in [0.1, 0.15) is 5.84 Å². The highest BCUT2D eigenvalue weighted by molar-refractivity contribution is 6.32. The predicted molar refractivity (Wildman–Crippen MR) is 71.8 cm³/mol. The molecule has 0 saturated heterocycles. The smallest absolute Gasteiger partial charge is 0.182 e. The summed E-state index contributed by atoms with van der Waals surface area (Å²) in [7, 11) is 0. The summed E-state index contributed by atoms with van der Waals surface area (Å²) in [4.78, 5) is 4.26. The zero-order valence-corrected chi connectivity index (χ0v) is 10.6. The lowest BCUT2D eigenvalue weighted by atomic mass is 10.2. The van der Waals surface area contributed by atoms with Gasteiger partial charge < -0.3 is 0 Å². The molecule has 0 spiro atoms. The van der Waals surface area contributed by atoms with E-state index in [9.17, 15) is 0 Å². The highest BCUT2D eigenvalue weighted by Crippen LogP contribution is 2.16. The van der Waals surface area contributed by atoms with Crippen LogP contribution in [0.1, 0.15) is 19.4 Å². The molecule has 17 heavy (non-hydrogen) atoms. The molecule has 4 heteroatoms. The maximum atomic E-state index is 8.60. The van der Waals surface area contributed by atoms with Crippen molar-refractivity contribution in [2.45, 2.75) is 19.9 Å². The Labute approximate surface area is 106 Å². The molecule has 0 saturated carbocycles. The van der Waals surface area contributed by atoms with Crippen LogP contribution in [-0.2, 0) is 0 Å². The Morgan fingerprint density at radius 3 is 2.76 bits per heavy atom. The molecule has 0 aliphatic heterocycles. The average molecular weight is 248 g/mol. The summed E-state index contributed by atoms with van der Waals surface area (Å²) in [5.41, 5.74) is 0.894. The molecule has 1 rings (SSSR count). The van der Waals surface area contributed by atoms with Crippen LogP contribution in [0.25, 0.3) is 6.08 Å².